The highest BCUT2D eigenvalue weighted by atomic mass is 19.1. The Balaban J connectivity index is 2.36. The zero-order valence-corrected chi connectivity index (χ0v) is 18.4. The second-order valence-corrected chi connectivity index (χ2v) is 7.84. The molecule has 0 aromatic heterocycles. The summed E-state index contributed by atoms with van der Waals surface area (Å²) in [7, 11) is 0. The summed E-state index contributed by atoms with van der Waals surface area (Å²) in [5.41, 5.74) is 4.17. The molecule has 0 radical (unpaired) electrons. The van der Waals surface area contributed by atoms with Gasteiger partial charge in [-0.1, -0.05) is 50.1 Å². The van der Waals surface area contributed by atoms with Crippen LogP contribution < -0.4 is 5.32 Å². The Morgan fingerprint density at radius 2 is 1.97 bits per heavy atom. The minimum Gasteiger partial charge on any atom is -0.313 e. The molecule has 1 aromatic carbocycles. The molecular formula is C25H35FN2O. The molecule has 158 valence electrons. The largest absolute Gasteiger partial charge is 0.313 e. The molecule has 1 amide bonds. The Kier molecular flexibility index (Phi) is 8.84. The molecule has 1 saturated carbocycles. The first-order valence-electron chi connectivity index (χ1n) is 10.7. The van der Waals surface area contributed by atoms with Gasteiger partial charge >= 0.3 is 0 Å². The number of hydrogen-bond acceptors (Lipinski definition) is 2. The van der Waals surface area contributed by atoms with Crippen molar-refractivity contribution < 1.29 is 9.18 Å². The number of nitrogens with one attached hydrogen (secondary N) is 1. The molecule has 1 aromatic rings. The Hall–Kier alpha value is -2.20. The van der Waals surface area contributed by atoms with Crippen molar-refractivity contribution in [3.63, 3.8) is 0 Å². The number of likely N-dealkylation sites (N-methyl/N-ethyl adjacent to an activating group) is 1. The average molecular weight is 399 g/mol. The molecule has 29 heavy (non-hydrogen) atoms. The number of benzene rings is 1. The zero-order chi connectivity index (χ0) is 21.4. The molecule has 0 saturated heterocycles. The van der Waals surface area contributed by atoms with Crippen molar-refractivity contribution in [2.24, 2.45) is 5.92 Å². The van der Waals surface area contributed by atoms with E-state index in [2.05, 4.69) is 11.9 Å². The van der Waals surface area contributed by atoms with Gasteiger partial charge in [0.15, 0.2) is 0 Å². The Bertz CT molecular complexity index is 784. The molecule has 2 rings (SSSR count). The predicted octanol–water partition coefficient (Wildman–Crippen LogP) is 5.84. The average Bonchev–Trinajstić information content (AvgIpc) is 3.24. The first-order chi connectivity index (χ1) is 13.9. The number of carbonyl (C=O) groups is 1. The summed E-state index contributed by atoms with van der Waals surface area (Å²) in [6, 6.07) is 5.28. The molecule has 1 N–H and O–H groups in total. The van der Waals surface area contributed by atoms with E-state index in [0.717, 1.165) is 54.6 Å². The van der Waals surface area contributed by atoms with E-state index in [9.17, 15) is 9.18 Å². The third-order valence-electron chi connectivity index (χ3n) is 5.55. The predicted molar refractivity (Wildman–Crippen MR) is 120 cm³/mol. The quantitative estimate of drug-likeness (QED) is 0.530. The standard InChI is InChI=1S/C25H35FN2O/c1-6-19(21-13-14-22(17-27-7-2)23(26)15-21)16-24(18(4)5)28(8-3)25(29)20-11-9-10-12-20/h6,13-16,20,27H,1,7-12,17H2,2-5H3/b19-16+. The summed E-state index contributed by atoms with van der Waals surface area (Å²) in [6.45, 7) is 13.9. The fourth-order valence-corrected chi connectivity index (χ4v) is 3.87. The van der Waals surface area contributed by atoms with Crippen molar-refractivity contribution in [2.75, 3.05) is 13.1 Å². The lowest BCUT2D eigenvalue weighted by molar-refractivity contribution is -0.133. The van der Waals surface area contributed by atoms with Crippen molar-refractivity contribution in [3.05, 3.63) is 65.1 Å². The number of amides is 1. The first-order valence-corrected chi connectivity index (χ1v) is 10.7. The van der Waals surface area contributed by atoms with Gasteiger partial charge in [0.05, 0.1) is 0 Å². The van der Waals surface area contributed by atoms with Gasteiger partial charge in [-0.3, -0.25) is 4.79 Å². The van der Waals surface area contributed by atoms with E-state index < -0.39 is 0 Å². The summed E-state index contributed by atoms with van der Waals surface area (Å²) < 4.78 is 14.5. The number of hydrogen-bond donors (Lipinski definition) is 1. The van der Waals surface area contributed by atoms with Crippen LogP contribution >= 0.6 is 0 Å². The summed E-state index contributed by atoms with van der Waals surface area (Å²) in [5.74, 6) is 0.0880. The van der Waals surface area contributed by atoms with Gasteiger partial charge in [0, 0.05) is 30.3 Å². The van der Waals surface area contributed by atoms with Gasteiger partial charge in [0.1, 0.15) is 5.82 Å². The topological polar surface area (TPSA) is 32.3 Å². The van der Waals surface area contributed by atoms with E-state index in [-0.39, 0.29) is 17.6 Å². The summed E-state index contributed by atoms with van der Waals surface area (Å²) in [6.07, 6.45) is 7.91. The molecule has 1 aliphatic carbocycles. The number of carbonyl (C=O) groups excluding carboxylic acids is 1. The summed E-state index contributed by atoms with van der Waals surface area (Å²) >= 11 is 0. The number of allylic oxidation sites excluding steroid dienone is 4. The maximum absolute atomic E-state index is 14.5. The van der Waals surface area contributed by atoms with E-state index in [1.165, 1.54) is 0 Å². The van der Waals surface area contributed by atoms with Gasteiger partial charge in [0.2, 0.25) is 5.91 Å². The maximum Gasteiger partial charge on any atom is 0.230 e. The second-order valence-electron chi connectivity index (χ2n) is 7.84. The Morgan fingerprint density at radius 3 is 2.48 bits per heavy atom. The van der Waals surface area contributed by atoms with E-state index in [1.54, 1.807) is 12.1 Å². The van der Waals surface area contributed by atoms with Crippen molar-refractivity contribution in [1.82, 2.24) is 10.2 Å². The number of nitrogens with zero attached hydrogens (tertiary/aromatic N) is 1. The van der Waals surface area contributed by atoms with Crippen LogP contribution in [0.3, 0.4) is 0 Å². The van der Waals surface area contributed by atoms with Crippen LogP contribution in [-0.2, 0) is 11.3 Å². The highest BCUT2D eigenvalue weighted by molar-refractivity contribution is 5.83. The van der Waals surface area contributed by atoms with Gasteiger partial charge < -0.3 is 10.2 Å². The molecular weight excluding hydrogens is 363 g/mol. The number of halogens is 1. The van der Waals surface area contributed by atoms with Crippen LogP contribution in [0.5, 0.6) is 0 Å². The molecule has 1 fully saturated rings. The fraction of sp³-hybridized carbons (Fsp3) is 0.480. The molecule has 0 aliphatic heterocycles. The van der Waals surface area contributed by atoms with Crippen LogP contribution in [0, 0.1) is 11.7 Å². The van der Waals surface area contributed by atoms with Crippen LogP contribution in [0.2, 0.25) is 0 Å². The Morgan fingerprint density at radius 1 is 1.28 bits per heavy atom. The van der Waals surface area contributed by atoms with Crippen molar-refractivity contribution in [2.45, 2.75) is 59.9 Å². The Labute approximate surface area is 175 Å². The molecule has 0 heterocycles. The van der Waals surface area contributed by atoms with Gasteiger partial charge in [-0.15, -0.1) is 0 Å². The van der Waals surface area contributed by atoms with Crippen LogP contribution in [0.15, 0.2) is 48.2 Å². The smallest absolute Gasteiger partial charge is 0.230 e. The molecule has 4 heteroatoms. The molecule has 0 unspecified atom stereocenters. The van der Waals surface area contributed by atoms with Crippen molar-refractivity contribution in [1.29, 1.82) is 0 Å². The van der Waals surface area contributed by atoms with Gasteiger partial charge in [-0.05, 0) is 63.4 Å². The lowest BCUT2D eigenvalue weighted by Crippen LogP contribution is -2.34. The number of rotatable bonds is 9. The third kappa shape index (κ3) is 5.89. The van der Waals surface area contributed by atoms with E-state index in [1.807, 2.05) is 50.8 Å². The second kappa shape index (κ2) is 11.1. The third-order valence-corrected chi connectivity index (χ3v) is 5.55. The van der Waals surface area contributed by atoms with Gasteiger partial charge in [-0.2, -0.15) is 0 Å². The first kappa shape index (κ1) is 23.1. The molecule has 0 spiro atoms. The minimum atomic E-state index is -0.232. The molecule has 0 bridgehead atoms. The highest BCUT2D eigenvalue weighted by Crippen LogP contribution is 2.30. The SMILES string of the molecule is C=C/C(=C\C(=C(C)C)N(CC)C(=O)C1CCCC1)c1ccc(CNCC)c(F)c1. The van der Waals surface area contributed by atoms with Gasteiger partial charge in [0.25, 0.3) is 0 Å². The lowest BCUT2D eigenvalue weighted by Gasteiger charge is -2.27. The summed E-state index contributed by atoms with van der Waals surface area (Å²) in [5, 5.41) is 3.15. The lowest BCUT2D eigenvalue weighted by atomic mass is 10.00. The molecule has 0 atom stereocenters. The van der Waals surface area contributed by atoms with Crippen LogP contribution in [0.1, 0.15) is 64.5 Å². The van der Waals surface area contributed by atoms with Crippen molar-refractivity contribution >= 4 is 11.5 Å². The minimum absolute atomic E-state index is 0.118. The van der Waals surface area contributed by atoms with Crippen LogP contribution in [-0.4, -0.2) is 23.9 Å². The highest BCUT2D eigenvalue weighted by Gasteiger charge is 2.28. The van der Waals surface area contributed by atoms with Crippen LogP contribution in [0.4, 0.5) is 4.39 Å². The monoisotopic (exact) mass is 398 g/mol. The molecule has 3 nitrogen and oxygen atoms in total. The normalized spacial score (nSPS) is 14.7. The van der Waals surface area contributed by atoms with E-state index in [0.29, 0.717) is 18.7 Å². The van der Waals surface area contributed by atoms with Crippen LogP contribution in [0.25, 0.3) is 5.57 Å². The van der Waals surface area contributed by atoms with E-state index >= 15 is 0 Å². The fourth-order valence-electron chi connectivity index (χ4n) is 3.87. The maximum atomic E-state index is 14.5. The molecule has 1 aliphatic rings. The summed E-state index contributed by atoms with van der Waals surface area (Å²) in [4.78, 5) is 15.0. The van der Waals surface area contributed by atoms with Gasteiger partial charge in [-0.25, -0.2) is 4.39 Å². The zero-order valence-electron chi connectivity index (χ0n) is 18.4. The van der Waals surface area contributed by atoms with E-state index in [4.69, 9.17) is 0 Å². The van der Waals surface area contributed by atoms with Crippen molar-refractivity contribution in [3.8, 4) is 0 Å².